The second-order valence-corrected chi connectivity index (χ2v) is 6.31. The number of fused-ring (bicyclic) bond motifs is 1. The van der Waals surface area contributed by atoms with Crippen LogP contribution in [0.2, 0.25) is 5.02 Å². The van der Waals surface area contributed by atoms with Gasteiger partial charge in [0.25, 0.3) is 5.78 Å². The van der Waals surface area contributed by atoms with E-state index in [2.05, 4.69) is 27.3 Å². The third-order valence-corrected chi connectivity index (χ3v) is 4.22. The van der Waals surface area contributed by atoms with Crippen molar-refractivity contribution in [2.45, 2.75) is 13.8 Å². The van der Waals surface area contributed by atoms with E-state index in [0.29, 0.717) is 16.6 Å². The van der Waals surface area contributed by atoms with Crippen molar-refractivity contribution in [1.29, 1.82) is 0 Å². The molecule has 0 spiro atoms. The van der Waals surface area contributed by atoms with Gasteiger partial charge in [-0.15, -0.1) is 5.10 Å². The zero-order valence-corrected chi connectivity index (χ0v) is 14.6. The molecular formula is C19H16ClN5. The summed E-state index contributed by atoms with van der Waals surface area (Å²) in [4.78, 5) is 9.05. The van der Waals surface area contributed by atoms with E-state index in [1.165, 1.54) is 5.56 Å². The van der Waals surface area contributed by atoms with Gasteiger partial charge in [0, 0.05) is 17.3 Å². The Labute approximate surface area is 150 Å². The van der Waals surface area contributed by atoms with Crippen LogP contribution in [0.4, 0.5) is 11.5 Å². The molecule has 0 aliphatic carbocycles. The van der Waals surface area contributed by atoms with Crippen LogP contribution in [0.25, 0.3) is 17.2 Å². The van der Waals surface area contributed by atoms with Crippen molar-refractivity contribution >= 4 is 28.9 Å². The quantitative estimate of drug-likeness (QED) is 0.577. The van der Waals surface area contributed by atoms with Gasteiger partial charge in [-0.3, -0.25) is 0 Å². The highest BCUT2D eigenvalue weighted by molar-refractivity contribution is 6.33. The SMILES string of the molecule is Cc1ccc(-c2nc3nc(C)cc(Nc4ccccc4Cl)n3n2)cc1. The number of halogens is 1. The topological polar surface area (TPSA) is 55.1 Å². The number of aryl methyl sites for hydroxylation is 2. The molecular weight excluding hydrogens is 334 g/mol. The van der Waals surface area contributed by atoms with Crippen LogP contribution in [0, 0.1) is 13.8 Å². The Hall–Kier alpha value is -2.92. The lowest BCUT2D eigenvalue weighted by atomic mass is 10.1. The maximum absolute atomic E-state index is 6.26. The Balaban J connectivity index is 1.82. The molecule has 0 unspecified atom stereocenters. The summed E-state index contributed by atoms with van der Waals surface area (Å²) in [6, 6.07) is 17.6. The zero-order chi connectivity index (χ0) is 17.4. The highest BCUT2D eigenvalue weighted by Crippen LogP contribution is 2.26. The molecule has 0 saturated carbocycles. The van der Waals surface area contributed by atoms with Crippen LogP contribution in [-0.4, -0.2) is 19.6 Å². The minimum Gasteiger partial charge on any atom is -0.339 e. The molecule has 0 atom stereocenters. The lowest BCUT2D eigenvalue weighted by Gasteiger charge is -2.09. The Morgan fingerprint density at radius 3 is 2.48 bits per heavy atom. The number of nitrogens with zero attached hydrogens (tertiary/aromatic N) is 4. The van der Waals surface area contributed by atoms with E-state index in [-0.39, 0.29) is 0 Å². The van der Waals surface area contributed by atoms with Crippen molar-refractivity contribution in [3.63, 3.8) is 0 Å². The van der Waals surface area contributed by atoms with Gasteiger partial charge >= 0.3 is 0 Å². The lowest BCUT2D eigenvalue weighted by Crippen LogP contribution is -2.03. The fourth-order valence-corrected chi connectivity index (χ4v) is 2.78. The molecule has 0 radical (unpaired) electrons. The van der Waals surface area contributed by atoms with Gasteiger partial charge < -0.3 is 5.32 Å². The molecule has 4 aromatic rings. The number of nitrogens with one attached hydrogen (secondary N) is 1. The normalized spacial score (nSPS) is 11.0. The third-order valence-electron chi connectivity index (χ3n) is 3.89. The van der Waals surface area contributed by atoms with Crippen molar-refractivity contribution in [3.05, 3.63) is 70.9 Å². The standard InChI is InChI=1S/C19H16ClN5/c1-12-7-9-14(10-8-12)18-23-19-21-13(2)11-17(25(19)24-18)22-16-6-4-3-5-15(16)20/h3-11,22H,1-2H3. The van der Waals surface area contributed by atoms with Gasteiger partial charge in [0.1, 0.15) is 5.82 Å². The van der Waals surface area contributed by atoms with Crippen molar-refractivity contribution < 1.29 is 0 Å². The molecule has 124 valence electrons. The highest BCUT2D eigenvalue weighted by atomic mass is 35.5. The predicted molar refractivity (Wildman–Crippen MR) is 100 cm³/mol. The Morgan fingerprint density at radius 1 is 0.960 bits per heavy atom. The van der Waals surface area contributed by atoms with E-state index >= 15 is 0 Å². The molecule has 0 saturated heterocycles. The van der Waals surface area contributed by atoms with Crippen molar-refractivity contribution in [2.75, 3.05) is 5.32 Å². The molecule has 5 nitrogen and oxygen atoms in total. The largest absolute Gasteiger partial charge is 0.339 e. The number of hydrogen-bond acceptors (Lipinski definition) is 4. The first kappa shape index (κ1) is 15.6. The van der Waals surface area contributed by atoms with Crippen LogP contribution < -0.4 is 5.32 Å². The van der Waals surface area contributed by atoms with Gasteiger partial charge in [-0.1, -0.05) is 53.6 Å². The van der Waals surface area contributed by atoms with Crippen LogP contribution in [-0.2, 0) is 0 Å². The predicted octanol–water partition coefficient (Wildman–Crippen LogP) is 4.81. The summed E-state index contributed by atoms with van der Waals surface area (Å²) in [6.45, 7) is 3.98. The minimum atomic E-state index is 0.546. The number of aromatic nitrogens is 4. The van der Waals surface area contributed by atoms with E-state index in [9.17, 15) is 0 Å². The first-order valence-corrected chi connectivity index (χ1v) is 8.31. The van der Waals surface area contributed by atoms with E-state index in [0.717, 1.165) is 22.8 Å². The van der Waals surface area contributed by atoms with Crippen molar-refractivity contribution in [1.82, 2.24) is 19.6 Å². The monoisotopic (exact) mass is 349 g/mol. The van der Waals surface area contributed by atoms with Gasteiger partial charge in [0.15, 0.2) is 5.82 Å². The lowest BCUT2D eigenvalue weighted by molar-refractivity contribution is 0.940. The summed E-state index contributed by atoms with van der Waals surface area (Å²) in [5.74, 6) is 1.95. The van der Waals surface area contributed by atoms with E-state index in [4.69, 9.17) is 11.6 Å². The van der Waals surface area contributed by atoms with E-state index in [1.807, 2.05) is 61.5 Å². The highest BCUT2D eigenvalue weighted by Gasteiger charge is 2.12. The van der Waals surface area contributed by atoms with Gasteiger partial charge in [-0.25, -0.2) is 4.98 Å². The number of hydrogen-bond donors (Lipinski definition) is 1. The van der Waals surface area contributed by atoms with Crippen molar-refractivity contribution in [3.8, 4) is 11.4 Å². The molecule has 2 aromatic carbocycles. The van der Waals surface area contributed by atoms with Crippen LogP contribution in [0.1, 0.15) is 11.3 Å². The number of anilines is 2. The van der Waals surface area contributed by atoms with Crippen LogP contribution in [0.5, 0.6) is 0 Å². The summed E-state index contributed by atoms with van der Waals surface area (Å²) in [5, 5.41) is 8.58. The van der Waals surface area contributed by atoms with E-state index < -0.39 is 0 Å². The molecule has 25 heavy (non-hydrogen) atoms. The second kappa shape index (κ2) is 6.18. The molecule has 0 amide bonds. The maximum atomic E-state index is 6.26. The third kappa shape index (κ3) is 3.06. The smallest absolute Gasteiger partial charge is 0.254 e. The zero-order valence-electron chi connectivity index (χ0n) is 13.9. The van der Waals surface area contributed by atoms with Crippen molar-refractivity contribution in [2.24, 2.45) is 0 Å². The summed E-state index contributed by atoms with van der Waals surface area (Å²) >= 11 is 6.26. The number of para-hydroxylation sites is 1. The van der Waals surface area contributed by atoms with Gasteiger partial charge in [-0.05, 0) is 26.0 Å². The number of rotatable bonds is 3. The minimum absolute atomic E-state index is 0.546. The Kier molecular flexibility index (Phi) is 3.86. The maximum Gasteiger partial charge on any atom is 0.254 e. The molecule has 2 aromatic heterocycles. The molecule has 1 N–H and O–H groups in total. The first-order chi connectivity index (χ1) is 12.1. The average Bonchev–Trinajstić information content (AvgIpc) is 3.01. The first-order valence-electron chi connectivity index (χ1n) is 7.93. The average molecular weight is 350 g/mol. The van der Waals surface area contributed by atoms with Gasteiger partial charge in [0.05, 0.1) is 10.7 Å². The Morgan fingerprint density at radius 2 is 1.72 bits per heavy atom. The summed E-state index contributed by atoms with van der Waals surface area (Å²) in [6.07, 6.45) is 0. The summed E-state index contributed by atoms with van der Waals surface area (Å²) in [7, 11) is 0. The molecule has 6 heteroatoms. The fourth-order valence-electron chi connectivity index (χ4n) is 2.60. The number of benzene rings is 2. The summed E-state index contributed by atoms with van der Waals surface area (Å²) < 4.78 is 1.70. The molecule has 0 aliphatic heterocycles. The van der Waals surface area contributed by atoms with Gasteiger partial charge in [-0.2, -0.15) is 9.50 Å². The van der Waals surface area contributed by atoms with Gasteiger partial charge in [0.2, 0.25) is 0 Å². The molecule has 0 aliphatic rings. The Bertz CT molecular complexity index is 1050. The van der Waals surface area contributed by atoms with Crippen LogP contribution >= 0.6 is 11.6 Å². The summed E-state index contributed by atoms with van der Waals surface area (Å²) in [5.41, 5.74) is 3.81. The molecule has 4 rings (SSSR count). The molecule has 0 fully saturated rings. The van der Waals surface area contributed by atoms with Crippen LogP contribution in [0.15, 0.2) is 54.6 Å². The molecule has 2 heterocycles. The molecule has 0 bridgehead atoms. The van der Waals surface area contributed by atoms with E-state index in [1.54, 1.807) is 4.52 Å². The second-order valence-electron chi connectivity index (χ2n) is 5.90. The van der Waals surface area contributed by atoms with Crippen LogP contribution in [0.3, 0.4) is 0 Å². The fraction of sp³-hybridized carbons (Fsp3) is 0.105.